The summed E-state index contributed by atoms with van der Waals surface area (Å²) in [6, 6.07) is 8.30. The quantitative estimate of drug-likeness (QED) is 0.620. The fourth-order valence-electron chi connectivity index (χ4n) is 1.12. The predicted molar refractivity (Wildman–Crippen MR) is 64.9 cm³/mol. The molecule has 0 unspecified atom stereocenters. The van der Waals surface area contributed by atoms with Gasteiger partial charge in [0.15, 0.2) is 0 Å². The second-order valence-electron chi connectivity index (χ2n) is 3.46. The molecule has 0 aliphatic heterocycles. The fourth-order valence-corrected chi connectivity index (χ4v) is 1.90. The van der Waals surface area contributed by atoms with Crippen LogP contribution in [0.3, 0.4) is 0 Å². The van der Waals surface area contributed by atoms with Gasteiger partial charge in [0.25, 0.3) is 0 Å². The molecule has 1 aromatic carbocycles. The van der Waals surface area contributed by atoms with Crippen LogP contribution in [0.15, 0.2) is 30.3 Å². The summed E-state index contributed by atoms with van der Waals surface area (Å²) in [4.78, 5) is 10.2. The van der Waals surface area contributed by atoms with Gasteiger partial charge in [0.05, 0.1) is 5.56 Å². The zero-order valence-electron chi connectivity index (χ0n) is 9.72. The van der Waals surface area contributed by atoms with Crippen molar-refractivity contribution in [2.45, 2.75) is 19.8 Å². The van der Waals surface area contributed by atoms with Crippen molar-refractivity contribution in [3.8, 4) is 0 Å². The Hall–Kier alpha value is 0.286. The predicted octanol–water partition coefficient (Wildman–Crippen LogP) is 2.12. The summed E-state index contributed by atoms with van der Waals surface area (Å²) in [5.41, 5.74) is 0.331. The van der Waals surface area contributed by atoms with Crippen molar-refractivity contribution < 1.29 is 15.0 Å². The number of aliphatic hydroxyl groups excluding tert-OH is 1. The number of carboxylic acids is 1. The zero-order chi connectivity index (χ0) is 12.2. The summed E-state index contributed by atoms with van der Waals surface area (Å²) in [5.74, 6) is -0.879. The molecule has 0 aliphatic rings. The Morgan fingerprint density at radius 3 is 2.12 bits per heavy atom. The van der Waals surface area contributed by atoms with Gasteiger partial charge in [-0.05, 0) is 12.1 Å². The third-order valence-corrected chi connectivity index (χ3v) is 3.14. The second kappa shape index (κ2) is 11.8. The van der Waals surface area contributed by atoms with Gasteiger partial charge in [0.2, 0.25) is 0 Å². The van der Waals surface area contributed by atoms with E-state index in [9.17, 15) is 4.79 Å². The van der Waals surface area contributed by atoms with E-state index in [-0.39, 0.29) is 0 Å². The maximum atomic E-state index is 10.2. The number of carboxylic acid groups (broad SMARTS) is 1. The number of rotatable bonds is 5. The first kappa shape index (κ1) is 16.3. The SMILES string of the molecule is O=C(O)c1ccccc1.OCCCC[CH2][K]. The minimum atomic E-state index is -0.879. The molecule has 0 heterocycles. The van der Waals surface area contributed by atoms with Crippen LogP contribution in [-0.2, 0) is 0 Å². The molecule has 0 radical (unpaired) electrons. The average Bonchev–Trinajstić information content (AvgIpc) is 2.32. The first-order valence-electron chi connectivity index (χ1n) is 5.61. The Bertz CT molecular complexity index is 271. The molecule has 0 saturated heterocycles. The molecule has 0 bridgehead atoms. The van der Waals surface area contributed by atoms with Crippen molar-refractivity contribution in [3.63, 3.8) is 0 Å². The van der Waals surface area contributed by atoms with E-state index in [0.29, 0.717) is 12.2 Å². The number of hydrogen-bond donors (Lipinski definition) is 2. The number of carbonyl (C=O) groups is 1. The van der Waals surface area contributed by atoms with E-state index in [1.165, 1.54) is 13.4 Å². The molecule has 1 aromatic rings. The summed E-state index contributed by atoms with van der Waals surface area (Å²) in [5, 5.41) is 16.7. The van der Waals surface area contributed by atoms with Crippen LogP contribution in [0.2, 0.25) is 0.515 Å². The van der Waals surface area contributed by atoms with E-state index in [0.717, 1.165) is 55.4 Å². The van der Waals surface area contributed by atoms with Crippen LogP contribution in [0, 0.1) is 0 Å². The van der Waals surface area contributed by atoms with Gasteiger partial charge in [-0.3, -0.25) is 0 Å². The topological polar surface area (TPSA) is 57.5 Å². The van der Waals surface area contributed by atoms with Gasteiger partial charge in [-0.1, -0.05) is 18.2 Å². The van der Waals surface area contributed by atoms with Gasteiger partial charge in [0, 0.05) is 0 Å². The Morgan fingerprint density at radius 1 is 1.12 bits per heavy atom. The molecule has 1 rings (SSSR count). The van der Waals surface area contributed by atoms with E-state index >= 15 is 0 Å². The number of hydrogen-bond acceptors (Lipinski definition) is 2. The molecule has 0 aromatic heterocycles. The van der Waals surface area contributed by atoms with E-state index in [2.05, 4.69) is 0 Å². The molecule has 4 heteroatoms. The normalized spacial score (nSPS) is 9.19. The molecule has 0 aliphatic carbocycles. The summed E-state index contributed by atoms with van der Waals surface area (Å²) in [7, 11) is 0. The summed E-state index contributed by atoms with van der Waals surface area (Å²) >= 11 is 1.03. The van der Waals surface area contributed by atoms with Crippen LogP contribution in [0.25, 0.3) is 0 Å². The van der Waals surface area contributed by atoms with Crippen LogP contribution in [-0.4, -0.2) is 71.7 Å². The third-order valence-electron chi connectivity index (χ3n) is 2.03. The second-order valence-corrected chi connectivity index (χ2v) is 5.02. The number of aliphatic hydroxyl groups is 1. The van der Waals surface area contributed by atoms with Crippen LogP contribution >= 0.6 is 0 Å². The molecule has 0 spiro atoms. The molecular formula is C12H17KO3. The van der Waals surface area contributed by atoms with Crippen LogP contribution in [0.4, 0.5) is 0 Å². The third kappa shape index (κ3) is 9.51. The fraction of sp³-hybridized carbons (Fsp3) is 0.417. The monoisotopic (exact) mass is 248 g/mol. The summed E-state index contributed by atoms with van der Waals surface area (Å²) in [6.07, 6.45) is 3.59. The summed E-state index contributed by atoms with van der Waals surface area (Å²) < 4.78 is 1.44. The molecule has 0 fully saturated rings. The molecule has 3 nitrogen and oxygen atoms in total. The number of unbranched alkanes of at least 4 members (excludes halogenated alkanes) is 2. The van der Waals surface area contributed by atoms with Crippen LogP contribution in [0.5, 0.6) is 0 Å². The van der Waals surface area contributed by atoms with Crippen molar-refractivity contribution in [2.24, 2.45) is 0 Å². The van der Waals surface area contributed by atoms with Gasteiger partial charge in [-0.2, -0.15) is 0 Å². The summed E-state index contributed by atoms with van der Waals surface area (Å²) in [6.45, 7) is 0.382. The van der Waals surface area contributed by atoms with E-state index in [1.807, 2.05) is 0 Å². The zero-order valence-corrected chi connectivity index (χ0v) is 12.8. The molecule has 16 heavy (non-hydrogen) atoms. The van der Waals surface area contributed by atoms with Gasteiger partial charge in [-0.25, -0.2) is 4.79 Å². The van der Waals surface area contributed by atoms with Gasteiger partial charge in [0.1, 0.15) is 0 Å². The average molecular weight is 248 g/mol. The van der Waals surface area contributed by atoms with E-state index in [1.54, 1.807) is 30.3 Å². The Morgan fingerprint density at radius 2 is 1.75 bits per heavy atom. The van der Waals surface area contributed by atoms with Crippen molar-refractivity contribution in [1.29, 1.82) is 0 Å². The number of benzene rings is 1. The van der Waals surface area contributed by atoms with Gasteiger partial charge < -0.3 is 5.11 Å². The Kier molecular flexibility index (Phi) is 12.0. The molecule has 0 amide bonds. The van der Waals surface area contributed by atoms with Crippen molar-refractivity contribution in [2.75, 3.05) is 6.61 Å². The van der Waals surface area contributed by atoms with Crippen molar-refractivity contribution >= 4 is 54.9 Å². The Labute approximate surface area is 130 Å². The molecule has 0 saturated carbocycles. The molecular weight excluding hydrogens is 231 g/mol. The first-order valence-corrected chi connectivity index (χ1v) is 7.82. The van der Waals surface area contributed by atoms with Crippen LogP contribution < -0.4 is 0 Å². The number of aromatic carboxylic acids is 1. The molecule has 84 valence electrons. The van der Waals surface area contributed by atoms with Crippen LogP contribution in [0.1, 0.15) is 29.6 Å². The van der Waals surface area contributed by atoms with Gasteiger partial charge >= 0.3 is 86.4 Å². The van der Waals surface area contributed by atoms with Crippen molar-refractivity contribution in [3.05, 3.63) is 35.9 Å². The molecule has 0 atom stereocenters. The minimum absolute atomic E-state index is 0.331. The van der Waals surface area contributed by atoms with E-state index in [4.69, 9.17) is 10.2 Å². The van der Waals surface area contributed by atoms with E-state index < -0.39 is 5.97 Å². The standard InChI is InChI=1S/C7H6O2.C5H11O.K/c8-7(9)6-4-2-1-3-5-6;1-2-3-4-5-6;/h1-5H,(H,8,9);6H,1-5H2;. The first-order chi connectivity index (χ1) is 7.72. The Balaban J connectivity index is 0.000000293. The molecule has 2 N–H and O–H groups in total. The maximum absolute atomic E-state index is 10.2. The van der Waals surface area contributed by atoms with Crippen molar-refractivity contribution in [1.82, 2.24) is 0 Å². The van der Waals surface area contributed by atoms with Gasteiger partial charge in [-0.15, -0.1) is 0 Å².